The summed E-state index contributed by atoms with van der Waals surface area (Å²) in [6.45, 7) is 1.70. The molecular weight excluding hydrogens is 228 g/mol. The minimum absolute atomic E-state index is 0.0477. The van der Waals surface area contributed by atoms with E-state index < -0.39 is 0 Å². The van der Waals surface area contributed by atoms with Gasteiger partial charge in [-0.25, -0.2) is 0 Å². The molecule has 0 aromatic carbocycles. The number of carbonyl (C=O) groups excluding carboxylic acids is 1. The van der Waals surface area contributed by atoms with Crippen LogP contribution < -0.4 is 10.6 Å². The van der Waals surface area contributed by atoms with Gasteiger partial charge in [-0.2, -0.15) is 0 Å². The first-order chi connectivity index (χ1) is 8.74. The first-order valence-electron chi connectivity index (χ1n) is 7.30. The van der Waals surface area contributed by atoms with Crippen LogP contribution in [0.4, 0.5) is 0 Å². The first kappa shape index (κ1) is 12.4. The second-order valence-corrected chi connectivity index (χ2v) is 6.20. The van der Waals surface area contributed by atoms with Gasteiger partial charge in [-0.3, -0.25) is 4.79 Å². The molecule has 0 aromatic rings. The van der Waals surface area contributed by atoms with Gasteiger partial charge in [0.2, 0.25) is 5.91 Å². The molecule has 4 nitrogen and oxygen atoms in total. The van der Waals surface area contributed by atoms with Crippen molar-refractivity contribution < 1.29 is 9.53 Å². The molecule has 3 fully saturated rings. The van der Waals surface area contributed by atoms with E-state index in [1.54, 1.807) is 7.11 Å². The maximum Gasteiger partial charge on any atom is 0.237 e. The van der Waals surface area contributed by atoms with Crippen molar-refractivity contribution in [2.24, 2.45) is 11.8 Å². The number of fused-ring (bicyclic) bond motifs is 1. The molecular formula is C14H24N2O2. The fourth-order valence-corrected chi connectivity index (χ4v) is 3.86. The highest BCUT2D eigenvalue weighted by Crippen LogP contribution is 2.38. The highest BCUT2D eigenvalue weighted by molar-refractivity contribution is 5.82. The zero-order valence-corrected chi connectivity index (χ0v) is 11.2. The molecule has 1 amide bonds. The van der Waals surface area contributed by atoms with E-state index in [4.69, 9.17) is 4.74 Å². The summed E-state index contributed by atoms with van der Waals surface area (Å²) < 4.78 is 5.54. The van der Waals surface area contributed by atoms with Crippen molar-refractivity contribution in [1.82, 2.24) is 10.6 Å². The Balaban J connectivity index is 1.52. The van der Waals surface area contributed by atoms with Gasteiger partial charge in [0, 0.05) is 13.7 Å². The van der Waals surface area contributed by atoms with Crippen LogP contribution in [0.3, 0.4) is 0 Å². The highest BCUT2D eigenvalue weighted by Gasteiger charge is 2.43. The average molecular weight is 252 g/mol. The minimum Gasteiger partial charge on any atom is -0.376 e. The lowest BCUT2D eigenvalue weighted by Gasteiger charge is -2.40. The maximum atomic E-state index is 12.3. The number of carbonyl (C=O) groups is 1. The molecule has 3 atom stereocenters. The predicted molar refractivity (Wildman–Crippen MR) is 69.2 cm³/mol. The lowest BCUT2D eigenvalue weighted by Crippen LogP contribution is -2.53. The SMILES string of the molecule is COC1(CNC(=O)C2NCC3CCCC32)CCC1. The van der Waals surface area contributed by atoms with Gasteiger partial charge in [-0.15, -0.1) is 0 Å². The van der Waals surface area contributed by atoms with Crippen molar-refractivity contribution in [2.75, 3.05) is 20.2 Å². The van der Waals surface area contributed by atoms with Gasteiger partial charge in [0.25, 0.3) is 0 Å². The molecule has 0 bridgehead atoms. The van der Waals surface area contributed by atoms with Crippen LogP contribution in [-0.4, -0.2) is 37.7 Å². The Morgan fingerprint density at radius 2 is 2.22 bits per heavy atom. The standard InChI is InChI=1S/C14H24N2O2/c1-18-14(6-3-7-14)9-16-13(17)12-11-5-2-4-10(11)8-15-12/h10-12,15H,2-9H2,1H3,(H,16,17). The summed E-state index contributed by atoms with van der Waals surface area (Å²) in [7, 11) is 1.76. The highest BCUT2D eigenvalue weighted by atomic mass is 16.5. The van der Waals surface area contributed by atoms with Gasteiger partial charge in [0.1, 0.15) is 0 Å². The van der Waals surface area contributed by atoms with E-state index in [2.05, 4.69) is 10.6 Å². The Hall–Kier alpha value is -0.610. The number of hydrogen-bond acceptors (Lipinski definition) is 3. The third-order valence-corrected chi connectivity index (χ3v) is 5.31. The summed E-state index contributed by atoms with van der Waals surface area (Å²) >= 11 is 0. The van der Waals surface area contributed by atoms with Crippen molar-refractivity contribution in [1.29, 1.82) is 0 Å². The Kier molecular flexibility index (Phi) is 3.32. The van der Waals surface area contributed by atoms with Gasteiger partial charge in [0.15, 0.2) is 0 Å². The van der Waals surface area contributed by atoms with Gasteiger partial charge >= 0.3 is 0 Å². The molecule has 0 spiro atoms. The van der Waals surface area contributed by atoms with E-state index >= 15 is 0 Å². The van der Waals surface area contributed by atoms with Crippen LogP contribution in [0.25, 0.3) is 0 Å². The Morgan fingerprint density at radius 3 is 2.89 bits per heavy atom. The molecule has 1 heterocycles. The van der Waals surface area contributed by atoms with E-state index in [0.717, 1.165) is 25.3 Å². The van der Waals surface area contributed by atoms with E-state index in [1.165, 1.54) is 25.7 Å². The molecule has 2 aliphatic carbocycles. The summed E-state index contributed by atoms with van der Waals surface area (Å²) in [5, 5.41) is 6.50. The van der Waals surface area contributed by atoms with E-state index in [-0.39, 0.29) is 17.6 Å². The number of amides is 1. The van der Waals surface area contributed by atoms with Crippen molar-refractivity contribution >= 4 is 5.91 Å². The van der Waals surface area contributed by atoms with Gasteiger partial charge in [-0.05, 0) is 50.5 Å². The monoisotopic (exact) mass is 252 g/mol. The molecule has 2 saturated carbocycles. The maximum absolute atomic E-state index is 12.3. The van der Waals surface area contributed by atoms with Crippen LogP contribution in [0, 0.1) is 11.8 Å². The van der Waals surface area contributed by atoms with Gasteiger partial charge < -0.3 is 15.4 Å². The van der Waals surface area contributed by atoms with Crippen LogP contribution in [0.5, 0.6) is 0 Å². The molecule has 3 aliphatic rings. The molecule has 0 radical (unpaired) electrons. The fraction of sp³-hybridized carbons (Fsp3) is 0.929. The van der Waals surface area contributed by atoms with Gasteiger partial charge in [0.05, 0.1) is 11.6 Å². The van der Waals surface area contributed by atoms with Gasteiger partial charge in [-0.1, -0.05) is 6.42 Å². The second kappa shape index (κ2) is 4.82. The molecule has 1 saturated heterocycles. The molecule has 1 aliphatic heterocycles. The quantitative estimate of drug-likeness (QED) is 0.786. The van der Waals surface area contributed by atoms with Crippen LogP contribution in [-0.2, 0) is 9.53 Å². The number of ether oxygens (including phenoxy) is 1. The summed E-state index contributed by atoms with van der Waals surface area (Å²) in [6, 6.07) is 0.0477. The van der Waals surface area contributed by atoms with Crippen LogP contribution in [0.1, 0.15) is 38.5 Å². The number of nitrogens with one attached hydrogen (secondary N) is 2. The Morgan fingerprint density at radius 1 is 1.39 bits per heavy atom. The van der Waals surface area contributed by atoms with Crippen molar-refractivity contribution in [3.05, 3.63) is 0 Å². The Bertz CT molecular complexity index is 322. The van der Waals surface area contributed by atoms with Crippen molar-refractivity contribution in [3.63, 3.8) is 0 Å². The molecule has 0 aromatic heterocycles. The lowest BCUT2D eigenvalue weighted by atomic mass is 9.80. The zero-order valence-electron chi connectivity index (χ0n) is 11.2. The van der Waals surface area contributed by atoms with E-state index in [9.17, 15) is 4.79 Å². The first-order valence-corrected chi connectivity index (χ1v) is 7.30. The molecule has 18 heavy (non-hydrogen) atoms. The van der Waals surface area contributed by atoms with Crippen molar-refractivity contribution in [3.8, 4) is 0 Å². The topological polar surface area (TPSA) is 50.4 Å². The fourth-order valence-electron chi connectivity index (χ4n) is 3.86. The number of rotatable bonds is 4. The third kappa shape index (κ3) is 2.05. The molecule has 2 N–H and O–H groups in total. The predicted octanol–water partition coefficient (Wildman–Crippen LogP) is 1.06. The number of methoxy groups -OCH3 is 1. The van der Waals surface area contributed by atoms with Crippen molar-refractivity contribution in [2.45, 2.75) is 50.2 Å². The second-order valence-electron chi connectivity index (χ2n) is 6.20. The van der Waals surface area contributed by atoms with E-state index in [0.29, 0.717) is 12.5 Å². The zero-order chi connectivity index (χ0) is 12.6. The molecule has 4 heteroatoms. The largest absolute Gasteiger partial charge is 0.376 e. The molecule has 3 rings (SSSR count). The van der Waals surface area contributed by atoms with Crippen LogP contribution >= 0.6 is 0 Å². The normalized spacial score (nSPS) is 37.1. The number of hydrogen-bond donors (Lipinski definition) is 2. The smallest absolute Gasteiger partial charge is 0.237 e. The Labute approximate surface area is 109 Å². The summed E-state index contributed by atoms with van der Waals surface area (Å²) in [5.41, 5.74) is -0.0661. The third-order valence-electron chi connectivity index (χ3n) is 5.31. The summed E-state index contributed by atoms with van der Waals surface area (Å²) in [4.78, 5) is 12.3. The minimum atomic E-state index is -0.0661. The summed E-state index contributed by atoms with van der Waals surface area (Å²) in [5.74, 6) is 1.50. The molecule has 3 unspecified atom stereocenters. The average Bonchev–Trinajstić information content (AvgIpc) is 2.89. The van der Waals surface area contributed by atoms with E-state index in [1.807, 2.05) is 0 Å². The summed E-state index contributed by atoms with van der Waals surface area (Å²) in [6.07, 6.45) is 7.18. The van der Waals surface area contributed by atoms with Crippen LogP contribution in [0.15, 0.2) is 0 Å². The lowest BCUT2D eigenvalue weighted by molar-refractivity contribution is -0.127. The molecule has 102 valence electrons. The van der Waals surface area contributed by atoms with Crippen LogP contribution in [0.2, 0.25) is 0 Å².